The Kier molecular flexibility index (Phi) is 4.95. The van der Waals surface area contributed by atoms with Gasteiger partial charge in [0.25, 0.3) is 0 Å². The summed E-state index contributed by atoms with van der Waals surface area (Å²) in [5, 5.41) is 0. The maximum atomic E-state index is 12.6. The number of ketones is 1. The number of rotatable bonds is 5. The summed E-state index contributed by atoms with van der Waals surface area (Å²) in [4.78, 5) is 26.7. The topological polar surface area (TPSA) is 82.4 Å². The third kappa shape index (κ3) is 3.55. The molecule has 1 fully saturated rings. The van der Waals surface area contributed by atoms with Crippen LogP contribution in [0.2, 0.25) is 0 Å². The molecule has 2 aromatic rings. The molecule has 4 rings (SSSR count). The average Bonchev–Trinajstić information content (AvgIpc) is 3.35. The minimum Gasteiger partial charge on any atom is -0.453 e. The summed E-state index contributed by atoms with van der Waals surface area (Å²) in [5.74, 6) is -0.434. The highest BCUT2D eigenvalue weighted by molar-refractivity contribution is 7.91. The molecule has 0 bridgehead atoms. The highest BCUT2D eigenvalue weighted by Crippen LogP contribution is 2.31. The molecule has 0 radical (unpaired) electrons. The van der Waals surface area contributed by atoms with Crippen molar-refractivity contribution in [2.75, 3.05) is 18.1 Å². The van der Waals surface area contributed by atoms with Crippen LogP contribution >= 0.6 is 11.3 Å². The normalized spacial score (nSPS) is 20.3. The van der Waals surface area contributed by atoms with Crippen molar-refractivity contribution in [3.63, 3.8) is 0 Å². The Hall–Kier alpha value is -1.93. The molecule has 2 aromatic heterocycles. The van der Waals surface area contributed by atoms with Crippen molar-refractivity contribution in [1.82, 2.24) is 4.57 Å². The number of Topliss-reactive ketones (excluding diaryl/α,β-unsaturated/α-hetero) is 1. The maximum Gasteiger partial charge on any atom is 0.348 e. The lowest BCUT2D eigenvalue weighted by Crippen LogP contribution is -2.16. The number of esters is 1. The van der Waals surface area contributed by atoms with Crippen molar-refractivity contribution in [3.05, 3.63) is 44.4 Å². The summed E-state index contributed by atoms with van der Waals surface area (Å²) >= 11 is 1.46. The molecule has 8 heteroatoms. The third-order valence-electron chi connectivity index (χ3n) is 5.64. The van der Waals surface area contributed by atoms with Gasteiger partial charge >= 0.3 is 5.97 Å². The van der Waals surface area contributed by atoms with Gasteiger partial charge in [-0.05, 0) is 57.2 Å². The van der Waals surface area contributed by atoms with Crippen molar-refractivity contribution in [1.29, 1.82) is 0 Å². The van der Waals surface area contributed by atoms with E-state index in [1.54, 1.807) is 6.07 Å². The monoisotopic (exact) mass is 421 g/mol. The van der Waals surface area contributed by atoms with Crippen LogP contribution in [-0.4, -0.2) is 42.9 Å². The number of ether oxygens (including phenoxy) is 1. The minimum absolute atomic E-state index is 0.106. The molecule has 28 heavy (non-hydrogen) atoms. The number of carbonyl (C=O) groups excluding carboxylic acids is 2. The molecule has 0 saturated carbocycles. The van der Waals surface area contributed by atoms with Crippen LogP contribution in [0.5, 0.6) is 0 Å². The summed E-state index contributed by atoms with van der Waals surface area (Å²) in [5.41, 5.74) is 3.29. The molecule has 1 aliphatic heterocycles. The van der Waals surface area contributed by atoms with Crippen LogP contribution < -0.4 is 0 Å². The van der Waals surface area contributed by atoms with E-state index in [1.165, 1.54) is 21.8 Å². The molecular weight excluding hydrogens is 398 g/mol. The lowest BCUT2D eigenvalue weighted by atomic mass is 10.1. The number of nitrogens with zero attached hydrogens (tertiary/aromatic N) is 1. The first kappa shape index (κ1) is 19.4. The van der Waals surface area contributed by atoms with E-state index in [-0.39, 0.29) is 29.9 Å². The van der Waals surface area contributed by atoms with Crippen molar-refractivity contribution in [2.45, 2.75) is 45.6 Å². The van der Waals surface area contributed by atoms with Crippen LogP contribution in [-0.2, 0) is 27.4 Å². The number of carbonyl (C=O) groups is 2. The molecule has 1 saturated heterocycles. The first-order chi connectivity index (χ1) is 13.2. The Morgan fingerprint density at radius 1 is 1.25 bits per heavy atom. The average molecular weight is 422 g/mol. The van der Waals surface area contributed by atoms with Gasteiger partial charge in [-0.1, -0.05) is 0 Å². The summed E-state index contributed by atoms with van der Waals surface area (Å²) in [7, 11) is -3.01. The van der Waals surface area contributed by atoms with Crippen LogP contribution in [0.3, 0.4) is 0 Å². The molecule has 6 nitrogen and oxygen atoms in total. The zero-order chi connectivity index (χ0) is 20.1. The van der Waals surface area contributed by atoms with Crippen molar-refractivity contribution in [3.8, 4) is 0 Å². The zero-order valence-corrected chi connectivity index (χ0v) is 17.6. The highest BCUT2D eigenvalue weighted by atomic mass is 32.2. The van der Waals surface area contributed by atoms with Crippen molar-refractivity contribution >= 4 is 32.9 Å². The number of aryl methyl sites for hydroxylation is 3. The van der Waals surface area contributed by atoms with Crippen LogP contribution in [0.15, 0.2) is 12.1 Å². The standard InChI is InChI=1S/C20H23NO5S2/c1-12-8-16(13(2)21(12)15-6-7-28(24,25)11-15)17(22)10-26-20(23)19-9-14-4-3-5-18(14)27-19/h8-9,15H,3-7,10-11H2,1-2H3/t15-/m0/s1. The van der Waals surface area contributed by atoms with E-state index in [0.29, 0.717) is 16.9 Å². The second kappa shape index (κ2) is 7.15. The van der Waals surface area contributed by atoms with E-state index in [4.69, 9.17) is 4.74 Å². The number of thiophene rings is 1. The van der Waals surface area contributed by atoms with Gasteiger partial charge in [0.2, 0.25) is 5.78 Å². The quantitative estimate of drug-likeness (QED) is 0.547. The van der Waals surface area contributed by atoms with E-state index in [0.717, 1.165) is 30.7 Å². The second-order valence-corrected chi connectivity index (χ2v) is 11.0. The summed E-state index contributed by atoms with van der Waals surface area (Å²) in [6.45, 7) is 3.37. The molecule has 150 valence electrons. The minimum atomic E-state index is -3.01. The van der Waals surface area contributed by atoms with E-state index < -0.39 is 15.8 Å². The van der Waals surface area contributed by atoms with Gasteiger partial charge in [-0.3, -0.25) is 4.79 Å². The van der Waals surface area contributed by atoms with Gasteiger partial charge in [0.15, 0.2) is 16.4 Å². The largest absolute Gasteiger partial charge is 0.453 e. The Morgan fingerprint density at radius 2 is 2.04 bits per heavy atom. The first-order valence-electron chi connectivity index (χ1n) is 9.46. The van der Waals surface area contributed by atoms with Gasteiger partial charge in [-0.2, -0.15) is 0 Å². The lowest BCUT2D eigenvalue weighted by Gasteiger charge is -2.16. The Morgan fingerprint density at radius 3 is 2.71 bits per heavy atom. The Balaban J connectivity index is 1.45. The van der Waals surface area contributed by atoms with Gasteiger partial charge in [0.05, 0.1) is 11.5 Å². The SMILES string of the molecule is Cc1cc(C(=O)COC(=O)c2cc3c(s2)CCC3)c(C)n1[C@H]1CCS(=O)(=O)C1. The Labute approximate surface area is 168 Å². The van der Waals surface area contributed by atoms with Crippen LogP contribution in [0.1, 0.15) is 60.7 Å². The first-order valence-corrected chi connectivity index (χ1v) is 12.1. The fourth-order valence-electron chi connectivity index (χ4n) is 4.31. The predicted molar refractivity (Wildman–Crippen MR) is 107 cm³/mol. The molecule has 0 N–H and O–H groups in total. The molecule has 0 spiro atoms. The van der Waals surface area contributed by atoms with E-state index >= 15 is 0 Å². The fourth-order valence-corrected chi connectivity index (χ4v) is 7.16. The smallest absolute Gasteiger partial charge is 0.348 e. The number of fused-ring (bicyclic) bond motifs is 1. The van der Waals surface area contributed by atoms with Gasteiger partial charge in [0.1, 0.15) is 4.88 Å². The number of hydrogen-bond donors (Lipinski definition) is 0. The summed E-state index contributed by atoms with van der Waals surface area (Å²) < 4.78 is 30.8. The number of aromatic nitrogens is 1. The molecule has 1 atom stereocenters. The van der Waals surface area contributed by atoms with E-state index in [1.807, 2.05) is 24.5 Å². The van der Waals surface area contributed by atoms with Crippen molar-refractivity contribution in [2.24, 2.45) is 0 Å². The summed E-state index contributed by atoms with van der Waals surface area (Å²) in [6, 6.07) is 3.50. The molecule has 0 unspecified atom stereocenters. The molecule has 1 aliphatic carbocycles. The van der Waals surface area contributed by atoms with Gasteiger partial charge in [-0.15, -0.1) is 11.3 Å². The molecule has 3 heterocycles. The molecule has 2 aliphatic rings. The fraction of sp³-hybridized carbons (Fsp3) is 0.500. The molecule has 0 aromatic carbocycles. The van der Waals surface area contributed by atoms with Gasteiger partial charge in [-0.25, -0.2) is 13.2 Å². The van der Waals surface area contributed by atoms with Gasteiger partial charge in [0, 0.05) is 27.9 Å². The predicted octanol–water partition coefficient (Wildman–Crippen LogP) is 3.05. The zero-order valence-electron chi connectivity index (χ0n) is 16.0. The molecular formula is C20H23NO5S2. The lowest BCUT2D eigenvalue weighted by molar-refractivity contribution is 0.0479. The molecule has 0 amide bonds. The van der Waals surface area contributed by atoms with Crippen LogP contribution in [0.25, 0.3) is 0 Å². The number of hydrogen-bond acceptors (Lipinski definition) is 6. The van der Waals surface area contributed by atoms with Crippen LogP contribution in [0.4, 0.5) is 0 Å². The van der Waals surface area contributed by atoms with E-state index in [2.05, 4.69) is 0 Å². The second-order valence-electron chi connectivity index (χ2n) is 7.62. The van der Waals surface area contributed by atoms with Crippen LogP contribution in [0, 0.1) is 13.8 Å². The number of sulfone groups is 1. The Bertz CT molecular complexity index is 1040. The van der Waals surface area contributed by atoms with Crippen molar-refractivity contribution < 1.29 is 22.7 Å². The third-order valence-corrected chi connectivity index (χ3v) is 8.61. The highest BCUT2D eigenvalue weighted by Gasteiger charge is 2.32. The summed E-state index contributed by atoms with van der Waals surface area (Å²) in [6.07, 6.45) is 3.70. The van der Waals surface area contributed by atoms with E-state index in [9.17, 15) is 18.0 Å². The maximum absolute atomic E-state index is 12.6. The van der Waals surface area contributed by atoms with Gasteiger partial charge < -0.3 is 9.30 Å².